The number of para-hydroxylation sites is 1. The average Bonchev–Trinajstić information content (AvgIpc) is 3.21. The number of carbonyl (C=O) groups is 1. The van der Waals surface area contributed by atoms with Crippen LogP contribution in [0.25, 0.3) is 15.9 Å². The van der Waals surface area contributed by atoms with E-state index < -0.39 is 11.6 Å². The maximum absolute atomic E-state index is 13.7. The Hall–Kier alpha value is -2.75. The molecule has 0 unspecified atom stereocenters. The lowest BCUT2D eigenvalue weighted by atomic mass is 10.2. The number of amides is 1. The van der Waals surface area contributed by atoms with Crippen LogP contribution in [0.5, 0.6) is 0 Å². The van der Waals surface area contributed by atoms with Crippen molar-refractivity contribution in [2.75, 3.05) is 5.75 Å². The number of fused-ring (bicyclic) bond motifs is 1. The number of nitrogens with one attached hydrogen (secondary N) is 1. The second-order valence-electron chi connectivity index (χ2n) is 6.42. The van der Waals surface area contributed by atoms with Gasteiger partial charge in [-0.3, -0.25) is 14.2 Å². The van der Waals surface area contributed by atoms with Crippen molar-refractivity contribution in [2.45, 2.75) is 11.7 Å². The number of halogens is 3. The van der Waals surface area contributed by atoms with Crippen LogP contribution >= 0.6 is 34.7 Å². The molecule has 0 radical (unpaired) electrons. The number of rotatable bonds is 6. The third kappa shape index (κ3) is 4.63. The first kappa shape index (κ1) is 21.5. The van der Waals surface area contributed by atoms with Crippen LogP contribution in [0.2, 0.25) is 5.02 Å². The van der Waals surface area contributed by atoms with E-state index in [9.17, 15) is 18.4 Å². The Balaban J connectivity index is 1.56. The van der Waals surface area contributed by atoms with Gasteiger partial charge in [-0.25, -0.2) is 13.8 Å². The quantitative estimate of drug-likeness (QED) is 0.320. The predicted molar refractivity (Wildman–Crippen MR) is 119 cm³/mol. The molecule has 0 saturated heterocycles. The van der Waals surface area contributed by atoms with Crippen molar-refractivity contribution < 1.29 is 13.6 Å². The molecule has 0 spiro atoms. The average molecular weight is 478 g/mol. The van der Waals surface area contributed by atoms with Crippen molar-refractivity contribution in [3.05, 3.63) is 86.5 Å². The molecule has 5 nitrogen and oxygen atoms in total. The van der Waals surface area contributed by atoms with Gasteiger partial charge in [-0.05, 0) is 29.6 Å². The lowest BCUT2D eigenvalue weighted by molar-refractivity contribution is -0.118. The number of hydrogen-bond donors (Lipinski definition) is 1. The topological polar surface area (TPSA) is 64.0 Å². The van der Waals surface area contributed by atoms with Crippen LogP contribution in [0.4, 0.5) is 8.78 Å². The fourth-order valence-corrected chi connectivity index (χ4v) is 4.69. The summed E-state index contributed by atoms with van der Waals surface area (Å²) in [5.74, 6) is -1.87. The van der Waals surface area contributed by atoms with Crippen molar-refractivity contribution in [1.29, 1.82) is 0 Å². The first-order valence-electron chi connectivity index (χ1n) is 9.02. The van der Waals surface area contributed by atoms with E-state index in [1.165, 1.54) is 22.0 Å². The molecule has 158 valence electrons. The Bertz CT molecular complexity index is 1340. The minimum absolute atomic E-state index is 0.0602. The van der Waals surface area contributed by atoms with Gasteiger partial charge >= 0.3 is 0 Å². The van der Waals surface area contributed by atoms with Crippen molar-refractivity contribution in [2.24, 2.45) is 0 Å². The number of thioether (sulfide) groups is 1. The number of benzene rings is 2. The van der Waals surface area contributed by atoms with E-state index in [0.29, 0.717) is 26.1 Å². The summed E-state index contributed by atoms with van der Waals surface area (Å²) in [7, 11) is 0. The zero-order valence-corrected chi connectivity index (χ0v) is 18.2. The molecule has 0 aliphatic carbocycles. The largest absolute Gasteiger partial charge is 0.351 e. The molecule has 31 heavy (non-hydrogen) atoms. The summed E-state index contributed by atoms with van der Waals surface area (Å²) in [4.78, 5) is 29.9. The summed E-state index contributed by atoms with van der Waals surface area (Å²) >= 11 is 8.64. The first-order chi connectivity index (χ1) is 14.9. The molecule has 2 heterocycles. The third-order valence-corrected chi connectivity index (χ3v) is 6.52. The Kier molecular flexibility index (Phi) is 6.35. The van der Waals surface area contributed by atoms with Crippen LogP contribution in [0.15, 0.2) is 63.9 Å². The fraction of sp³-hybridized carbons (Fsp3) is 0.0952. The third-order valence-electron chi connectivity index (χ3n) is 4.37. The first-order valence-corrected chi connectivity index (χ1v) is 11.3. The number of thiophene rings is 1. The maximum Gasteiger partial charge on any atom is 0.276 e. The lowest BCUT2D eigenvalue weighted by Crippen LogP contribution is -2.26. The van der Waals surface area contributed by atoms with Crippen LogP contribution in [-0.2, 0) is 11.3 Å². The zero-order chi connectivity index (χ0) is 22.0. The highest BCUT2D eigenvalue weighted by Gasteiger charge is 2.17. The molecule has 4 rings (SSSR count). The highest BCUT2D eigenvalue weighted by molar-refractivity contribution is 7.99. The highest BCUT2D eigenvalue weighted by atomic mass is 35.5. The molecule has 0 bridgehead atoms. The Morgan fingerprint density at radius 1 is 1.19 bits per heavy atom. The van der Waals surface area contributed by atoms with Gasteiger partial charge in [0, 0.05) is 18.2 Å². The van der Waals surface area contributed by atoms with Gasteiger partial charge in [0.15, 0.2) is 5.16 Å². The Labute approximate surface area is 188 Å². The zero-order valence-electron chi connectivity index (χ0n) is 15.8. The van der Waals surface area contributed by atoms with E-state index in [4.69, 9.17) is 11.6 Å². The van der Waals surface area contributed by atoms with Gasteiger partial charge in [-0.15, -0.1) is 11.3 Å². The second-order valence-corrected chi connectivity index (χ2v) is 8.69. The molecule has 0 aliphatic heterocycles. The molecule has 2 aromatic heterocycles. The summed E-state index contributed by atoms with van der Waals surface area (Å²) < 4.78 is 28.6. The van der Waals surface area contributed by atoms with Crippen LogP contribution in [0, 0.1) is 11.6 Å². The molecule has 1 amide bonds. The lowest BCUT2D eigenvalue weighted by Gasteiger charge is -2.13. The summed E-state index contributed by atoms with van der Waals surface area (Å²) in [5, 5.41) is 5.05. The highest BCUT2D eigenvalue weighted by Crippen LogP contribution is 2.27. The van der Waals surface area contributed by atoms with E-state index >= 15 is 0 Å². The minimum atomic E-state index is -0.731. The molecule has 1 N–H and O–H groups in total. The van der Waals surface area contributed by atoms with E-state index in [1.54, 1.807) is 35.7 Å². The van der Waals surface area contributed by atoms with Gasteiger partial charge in [-0.1, -0.05) is 41.6 Å². The molecule has 0 fully saturated rings. The van der Waals surface area contributed by atoms with Gasteiger partial charge < -0.3 is 5.32 Å². The molecule has 0 aliphatic rings. The van der Waals surface area contributed by atoms with E-state index in [1.807, 2.05) is 0 Å². The van der Waals surface area contributed by atoms with E-state index in [0.717, 1.165) is 23.9 Å². The summed E-state index contributed by atoms with van der Waals surface area (Å²) in [6.07, 6.45) is 0. The minimum Gasteiger partial charge on any atom is -0.351 e. The molecule has 4 aromatic rings. The Morgan fingerprint density at radius 2 is 2.00 bits per heavy atom. The van der Waals surface area contributed by atoms with Gasteiger partial charge in [0.05, 0.1) is 22.0 Å². The maximum atomic E-state index is 13.7. The molecule has 2 aromatic carbocycles. The van der Waals surface area contributed by atoms with Crippen molar-refractivity contribution in [3.8, 4) is 5.69 Å². The van der Waals surface area contributed by atoms with Gasteiger partial charge in [0.2, 0.25) is 5.91 Å². The number of hydrogen-bond acceptors (Lipinski definition) is 5. The van der Waals surface area contributed by atoms with Crippen molar-refractivity contribution in [3.63, 3.8) is 0 Å². The molecule has 0 saturated carbocycles. The monoisotopic (exact) mass is 477 g/mol. The second kappa shape index (κ2) is 9.17. The number of nitrogens with zero attached hydrogens (tertiary/aromatic N) is 2. The number of carbonyl (C=O) groups excluding carboxylic acids is 1. The molecule has 0 atom stereocenters. The molecule has 10 heteroatoms. The summed E-state index contributed by atoms with van der Waals surface area (Å²) in [6, 6.07) is 11.8. The summed E-state index contributed by atoms with van der Waals surface area (Å²) in [6.45, 7) is -0.0835. The van der Waals surface area contributed by atoms with Crippen molar-refractivity contribution in [1.82, 2.24) is 14.9 Å². The summed E-state index contributed by atoms with van der Waals surface area (Å²) in [5.41, 5.74) is 0.901. The standard InChI is InChI=1S/C21H14ClF2N3O2S2/c22-14-3-1-2-4-17(14)27-20(29)19-16(7-8-30-19)26-21(27)31-11-18(28)25-10-12-5-6-13(23)9-15(12)24/h1-9H,10-11H2,(H,25,28). The van der Waals surface area contributed by atoms with Crippen LogP contribution < -0.4 is 10.9 Å². The normalized spacial score (nSPS) is 11.1. The van der Waals surface area contributed by atoms with Gasteiger partial charge in [0.1, 0.15) is 16.3 Å². The van der Waals surface area contributed by atoms with Crippen LogP contribution in [-0.4, -0.2) is 21.2 Å². The van der Waals surface area contributed by atoms with Gasteiger partial charge in [0.25, 0.3) is 5.56 Å². The van der Waals surface area contributed by atoms with E-state index in [2.05, 4.69) is 10.3 Å². The van der Waals surface area contributed by atoms with E-state index in [-0.39, 0.29) is 29.3 Å². The predicted octanol–water partition coefficient (Wildman–Crippen LogP) is 4.79. The SMILES string of the molecule is O=C(CSc1nc2ccsc2c(=O)n1-c1ccccc1Cl)NCc1ccc(F)cc1F. The molecular weight excluding hydrogens is 464 g/mol. The van der Waals surface area contributed by atoms with Gasteiger partial charge in [-0.2, -0.15) is 0 Å². The van der Waals surface area contributed by atoms with Crippen LogP contribution in [0.1, 0.15) is 5.56 Å². The number of aromatic nitrogens is 2. The smallest absolute Gasteiger partial charge is 0.276 e. The van der Waals surface area contributed by atoms with Crippen molar-refractivity contribution >= 4 is 50.8 Å². The molecular formula is C21H14ClF2N3O2S2. The Morgan fingerprint density at radius 3 is 2.77 bits per heavy atom. The van der Waals surface area contributed by atoms with Crippen LogP contribution in [0.3, 0.4) is 0 Å². The fourth-order valence-electron chi connectivity index (χ4n) is 2.87.